The molecule has 0 aliphatic heterocycles. The van der Waals surface area contributed by atoms with E-state index >= 15 is 0 Å². The lowest BCUT2D eigenvalue weighted by atomic mass is 10.6. The highest BCUT2D eigenvalue weighted by molar-refractivity contribution is 6.85. The second-order valence-corrected chi connectivity index (χ2v) is 12.6. The van der Waals surface area contributed by atoms with Crippen LogP contribution in [0, 0.1) is 0 Å². The SMILES string of the molecule is CCO[Si](CCCCl)(OCC)C(C)[Si](OCC)(OCC)OCC. The van der Waals surface area contributed by atoms with Crippen LogP contribution in [-0.2, 0) is 22.1 Å². The zero-order chi connectivity index (χ0) is 17.8. The zero-order valence-corrected chi connectivity index (χ0v) is 18.4. The first-order valence-corrected chi connectivity index (χ1v) is 13.2. The fourth-order valence-corrected chi connectivity index (χ4v) is 12.2. The molecule has 0 heterocycles. The summed E-state index contributed by atoms with van der Waals surface area (Å²) in [5.74, 6) is 0.591. The van der Waals surface area contributed by atoms with Crippen molar-refractivity contribution in [2.45, 2.75) is 59.2 Å². The molecule has 0 saturated heterocycles. The molecular weight excluding hydrogens is 352 g/mol. The number of hydrogen-bond donors (Lipinski definition) is 0. The zero-order valence-electron chi connectivity index (χ0n) is 15.7. The Morgan fingerprint density at radius 1 is 0.739 bits per heavy atom. The minimum atomic E-state index is -2.89. The summed E-state index contributed by atoms with van der Waals surface area (Å²) in [6, 6.07) is 0.821. The van der Waals surface area contributed by atoms with Crippen LogP contribution in [0.1, 0.15) is 48.0 Å². The van der Waals surface area contributed by atoms with Crippen LogP contribution in [0.3, 0.4) is 0 Å². The summed E-state index contributed by atoms with van der Waals surface area (Å²) in [5, 5.41) is -0.0158. The molecule has 0 aromatic rings. The van der Waals surface area contributed by atoms with Gasteiger partial charge in [-0.1, -0.05) is 6.92 Å². The van der Waals surface area contributed by atoms with Crippen molar-refractivity contribution >= 4 is 29.0 Å². The summed E-state index contributed by atoms with van der Waals surface area (Å²) in [5.41, 5.74) is 0. The Kier molecular flexibility index (Phi) is 13.1. The van der Waals surface area contributed by atoms with Crippen LogP contribution in [0.4, 0.5) is 0 Å². The van der Waals surface area contributed by atoms with Crippen molar-refractivity contribution in [1.82, 2.24) is 0 Å². The van der Waals surface area contributed by atoms with Gasteiger partial charge in [-0.25, -0.2) is 0 Å². The lowest BCUT2D eigenvalue weighted by Gasteiger charge is -2.42. The summed E-state index contributed by atoms with van der Waals surface area (Å²) in [6.07, 6.45) is 0.854. The van der Waals surface area contributed by atoms with Crippen molar-refractivity contribution in [1.29, 1.82) is 0 Å². The Hall–Kier alpha value is 0.524. The minimum Gasteiger partial charge on any atom is -0.394 e. The molecule has 0 saturated carbocycles. The fraction of sp³-hybridized carbons (Fsp3) is 1.00. The molecule has 0 aliphatic rings. The minimum absolute atomic E-state index is 0.0158. The lowest BCUT2D eigenvalue weighted by molar-refractivity contribution is 0.0608. The van der Waals surface area contributed by atoms with Gasteiger partial charge in [0.2, 0.25) is 0 Å². The molecule has 0 aromatic carbocycles. The van der Waals surface area contributed by atoms with Gasteiger partial charge in [0.15, 0.2) is 0 Å². The van der Waals surface area contributed by atoms with Crippen molar-refractivity contribution in [3.63, 3.8) is 0 Å². The quantitative estimate of drug-likeness (QED) is 0.313. The highest BCUT2D eigenvalue weighted by Crippen LogP contribution is 2.39. The Morgan fingerprint density at radius 3 is 1.43 bits per heavy atom. The van der Waals surface area contributed by atoms with Gasteiger partial charge in [-0.15, -0.1) is 11.6 Å². The molecular formula is C15H35ClO5Si2. The van der Waals surface area contributed by atoms with Crippen molar-refractivity contribution in [3.05, 3.63) is 0 Å². The van der Waals surface area contributed by atoms with Crippen LogP contribution in [0.2, 0.25) is 11.2 Å². The number of hydrogen-bond acceptors (Lipinski definition) is 5. The molecule has 8 heteroatoms. The van der Waals surface area contributed by atoms with Gasteiger partial charge in [-0.3, -0.25) is 0 Å². The van der Waals surface area contributed by atoms with Crippen molar-refractivity contribution in [2.75, 3.05) is 38.9 Å². The largest absolute Gasteiger partial charge is 0.505 e. The van der Waals surface area contributed by atoms with Gasteiger partial charge in [0.05, 0.1) is 5.16 Å². The van der Waals surface area contributed by atoms with E-state index in [1.807, 2.05) is 34.6 Å². The molecule has 140 valence electrons. The third-order valence-electron chi connectivity index (χ3n) is 3.66. The fourth-order valence-electron chi connectivity index (χ4n) is 2.83. The van der Waals surface area contributed by atoms with E-state index in [9.17, 15) is 0 Å². The Balaban J connectivity index is 5.71. The van der Waals surface area contributed by atoms with Gasteiger partial charge in [-0.05, 0) is 47.1 Å². The molecule has 0 fully saturated rings. The van der Waals surface area contributed by atoms with Crippen molar-refractivity contribution < 1.29 is 22.1 Å². The van der Waals surface area contributed by atoms with E-state index < -0.39 is 17.4 Å². The third kappa shape index (κ3) is 6.74. The molecule has 1 atom stereocenters. The van der Waals surface area contributed by atoms with Gasteiger partial charge < -0.3 is 22.1 Å². The second kappa shape index (κ2) is 12.8. The van der Waals surface area contributed by atoms with E-state index in [0.29, 0.717) is 38.9 Å². The monoisotopic (exact) mass is 386 g/mol. The molecule has 1 unspecified atom stereocenters. The number of rotatable bonds is 15. The summed E-state index contributed by atoms with van der Waals surface area (Å²) < 4.78 is 30.7. The molecule has 0 aromatic heterocycles. The first-order chi connectivity index (χ1) is 11.0. The van der Waals surface area contributed by atoms with E-state index in [0.717, 1.165) is 12.5 Å². The molecule has 0 radical (unpaired) electrons. The molecule has 5 nitrogen and oxygen atoms in total. The predicted octanol–water partition coefficient (Wildman–Crippen LogP) is 4.11. The van der Waals surface area contributed by atoms with Crippen molar-refractivity contribution in [3.8, 4) is 0 Å². The summed E-state index contributed by atoms with van der Waals surface area (Å²) >= 11 is 5.94. The second-order valence-electron chi connectivity index (χ2n) is 5.09. The molecule has 0 bridgehead atoms. The Labute approximate surface area is 149 Å². The molecule has 0 aliphatic carbocycles. The van der Waals surface area contributed by atoms with Crippen LogP contribution in [0.25, 0.3) is 0 Å². The molecule has 0 spiro atoms. The van der Waals surface area contributed by atoms with Gasteiger partial charge in [-0.2, -0.15) is 0 Å². The average molecular weight is 387 g/mol. The van der Waals surface area contributed by atoms with Gasteiger partial charge in [0.25, 0.3) is 0 Å². The smallest absolute Gasteiger partial charge is 0.394 e. The Bertz CT molecular complexity index is 274. The van der Waals surface area contributed by atoms with Crippen LogP contribution < -0.4 is 0 Å². The lowest BCUT2D eigenvalue weighted by Crippen LogP contribution is -2.61. The van der Waals surface area contributed by atoms with Gasteiger partial charge in [0.1, 0.15) is 0 Å². The number of alkyl halides is 1. The first-order valence-electron chi connectivity index (χ1n) is 8.78. The highest BCUT2D eigenvalue weighted by atomic mass is 35.5. The van der Waals surface area contributed by atoms with Gasteiger partial charge in [0, 0.05) is 38.9 Å². The summed E-state index contributed by atoms with van der Waals surface area (Å²) in [6.45, 7) is 14.9. The summed E-state index contributed by atoms with van der Waals surface area (Å²) in [7, 11) is -5.45. The van der Waals surface area contributed by atoms with E-state index in [1.165, 1.54) is 0 Å². The molecule has 0 rings (SSSR count). The molecule has 23 heavy (non-hydrogen) atoms. The standard InChI is InChI=1S/C15H35ClO5Si2/c1-7-17-22(18-8-2,14-12-13-16)15(6)23(19-9-3,20-10-4)21-11-5/h15H,7-14H2,1-6H3. The maximum atomic E-state index is 6.23. The van der Waals surface area contributed by atoms with E-state index in [-0.39, 0.29) is 5.16 Å². The van der Waals surface area contributed by atoms with E-state index in [4.69, 9.17) is 33.7 Å². The third-order valence-corrected chi connectivity index (χ3v) is 13.4. The normalized spacial score (nSPS) is 14.2. The molecule has 0 amide bonds. The number of halogens is 1. The predicted molar refractivity (Wildman–Crippen MR) is 99.2 cm³/mol. The Morgan fingerprint density at radius 2 is 1.13 bits per heavy atom. The van der Waals surface area contributed by atoms with Crippen LogP contribution in [0.5, 0.6) is 0 Å². The van der Waals surface area contributed by atoms with Crippen LogP contribution in [-0.4, -0.2) is 56.3 Å². The molecule has 0 N–H and O–H groups in total. The maximum absolute atomic E-state index is 6.23. The van der Waals surface area contributed by atoms with Crippen LogP contribution in [0.15, 0.2) is 0 Å². The topological polar surface area (TPSA) is 46.2 Å². The average Bonchev–Trinajstić information content (AvgIpc) is 2.53. The van der Waals surface area contributed by atoms with Gasteiger partial charge >= 0.3 is 17.4 Å². The van der Waals surface area contributed by atoms with E-state index in [1.54, 1.807) is 0 Å². The maximum Gasteiger partial charge on any atom is 0.505 e. The first kappa shape index (κ1) is 23.5. The van der Waals surface area contributed by atoms with E-state index in [2.05, 4.69) is 6.92 Å². The van der Waals surface area contributed by atoms with Crippen LogP contribution >= 0.6 is 11.6 Å². The highest BCUT2D eigenvalue weighted by Gasteiger charge is 2.60. The summed E-state index contributed by atoms with van der Waals surface area (Å²) in [4.78, 5) is 0. The van der Waals surface area contributed by atoms with Crippen molar-refractivity contribution in [2.24, 2.45) is 0 Å².